The minimum absolute atomic E-state index is 0.0994. The fourth-order valence-electron chi connectivity index (χ4n) is 3.24. The SMILES string of the molecule is CCc1ccc(CN2CC[C@@]3(CC(C(=O)NCC(C)C)=NO3)C2)o1. The van der Waals surface area contributed by atoms with E-state index in [9.17, 15) is 4.79 Å². The van der Waals surface area contributed by atoms with Gasteiger partial charge in [0.25, 0.3) is 5.91 Å². The van der Waals surface area contributed by atoms with Crippen LogP contribution in [-0.2, 0) is 22.6 Å². The van der Waals surface area contributed by atoms with Crippen molar-refractivity contribution in [1.29, 1.82) is 0 Å². The summed E-state index contributed by atoms with van der Waals surface area (Å²) in [6.45, 7) is 9.38. The van der Waals surface area contributed by atoms with Gasteiger partial charge in [0.2, 0.25) is 0 Å². The molecule has 0 aliphatic carbocycles. The molecule has 6 heteroatoms. The standard InChI is InChI=1S/C18H27N3O3/c1-4-14-5-6-15(23-14)11-21-8-7-18(12-21)9-16(20-24-18)17(22)19-10-13(2)3/h5-6,13H,4,7-12H2,1-3H3,(H,19,22)/t18-/m1/s1. The summed E-state index contributed by atoms with van der Waals surface area (Å²) >= 11 is 0. The molecular formula is C18H27N3O3. The molecule has 0 bridgehead atoms. The molecule has 1 N–H and O–H groups in total. The van der Waals surface area contributed by atoms with E-state index in [1.165, 1.54) is 0 Å². The van der Waals surface area contributed by atoms with E-state index in [1.807, 2.05) is 12.1 Å². The minimum Gasteiger partial charge on any atom is -0.465 e. The zero-order valence-corrected chi connectivity index (χ0v) is 14.8. The van der Waals surface area contributed by atoms with Crippen LogP contribution < -0.4 is 5.32 Å². The lowest BCUT2D eigenvalue weighted by molar-refractivity contribution is -0.115. The molecule has 0 saturated carbocycles. The summed E-state index contributed by atoms with van der Waals surface area (Å²) in [4.78, 5) is 20.1. The predicted molar refractivity (Wildman–Crippen MR) is 91.7 cm³/mol. The molecule has 3 heterocycles. The van der Waals surface area contributed by atoms with Crippen LogP contribution in [0.3, 0.4) is 0 Å². The molecule has 1 amide bonds. The van der Waals surface area contributed by atoms with Gasteiger partial charge in [0.1, 0.15) is 17.2 Å². The molecule has 132 valence electrons. The van der Waals surface area contributed by atoms with Crippen molar-refractivity contribution >= 4 is 11.6 Å². The Labute approximate surface area is 143 Å². The first-order chi connectivity index (χ1) is 11.5. The average molecular weight is 333 g/mol. The molecule has 3 rings (SSSR count). The minimum atomic E-state index is -0.343. The van der Waals surface area contributed by atoms with Crippen molar-refractivity contribution in [1.82, 2.24) is 10.2 Å². The number of oxime groups is 1. The summed E-state index contributed by atoms with van der Waals surface area (Å²) in [5.41, 5.74) is 0.175. The lowest BCUT2D eigenvalue weighted by Gasteiger charge is -2.21. The summed E-state index contributed by atoms with van der Waals surface area (Å²) in [7, 11) is 0. The van der Waals surface area contributed by atoms with Crippen LogP contribution in [0.2, 0.25) is 0 Å². The van der Waals surface area contributed by atoms with Crippen LogP contribution in [0.5, 0.6) is 0 Å². The second kappa shape index (κ2) is 6.97. The highest BCUT2D eigenvalue weighted by Crippen LogP contribution is 2.34. The van der Waals surface area contributed by atoms with Gasteiger partial charge in [-0.25, -0.2) is 0 Å². The molecule has 24 heavy (non-hydrogen) atoms. The Morgan fingerprint density at radius 1 is 1.42 bits per heavy atom. The molecule has 0 aromatic carbocycles. The molecule has 1 fully saturated rings. The second-order valence-electron chi connectivity index (χ2n) is 7.28. The maximum Gasteiger partial charge on any atom is 0.269 e. The first-order valence-corrected chi connectivity index (χ1v) is 8.83. The van der Waals surface area contributed by atoms with Crippen LogP contribution in [-0.4, -0.2) is 41.8 Å². The van der Waals surface area contributed by atoms with Crippen molar-refractivity contribution in [2.75, 3.05) is 19.6 Å². The number of nitrogens with zero attached hydrogens (tertiary/aromatic N) is 2. The Morgan fingerprint density at radius 3 is 2.92 bits per heavy atom. The normalized spacial score (nSPS) is 23.8. The molecule has 2 aliphatic rings. The zero-order valence-electron chi connectivity index (χ0n) is 14.8. The highest BCUT2D eigenvalue weighted by molar-refractivity contribution is 6.39. The number of carbonyl (C=O) groups excluding carboxylic acids is 1. The Hall–Kier alpha value is -1.82. The number of carbonyl (C=O) groups is 1. The number of aryl methyl sites for hydroxylation is 1. The van der Waals surface area contributed by atoms with E-state index < -0.39 is 0 Å². The maximum absolute atomic E-state index is 12.1. The molecule has 1 saturated heterocycles. The Morgan fingerprint density at radius 2 is 2.21 bits per heavy atom. The van der Waals surface area contributed by atoms with Gasteiger partial charge < -0.3 is 14.6 Å². The van der Waals surface area contributed by atoms with Crippen molar-refractivity contribution in [2.24, 2.45) is 11.1 Å². The lowest BCUT2D eigenvalue weighted by Crippen LogP contribution is -2.37. The molecule has 1 atom stereocenters. The van der Waals surface area contributed by atoms with E-state index in [0.29, 0.717) is 24.6 Å². The third-order valence-electron chi connectivity index (χ3n) is 4.61. The van der Waals surface area contributed by atoms with E-state index in [2.05, 4.69) is 36.1 Å². The quantitative estimate of drug-likeness (QED) is 0.868. The highest BCUT2D eigenvalue weighted by Gasteiger charge is 2.46. The largest absolute Gasteiger partial charge is 0.465 e. The van der Waals surface area contributed by atoms with Crippen molar-refractivity contribution in [3.05, 3.63) is 23.7 Å². The van der Waals surface area contributed by atoms with Gasteiger partial charge in [-0.1, -0.05) is 25.9 Å². The molecule has 1 aromatic heterocycles. The third kappa shape index (κ3) is 3.80. The Bertz CT molecular complexity index is 623. The number of hydrogen-bond donors (Lipinski definition) is 1. The van der Waals surface area contributed by atoms with Gasteiger partial charge in [-0.15, -0.1) is 0 Å². The summed E-state index contributed by atoms with van der Waals surface area (Å²) < 4.78 is 5.78. The second-order valence-corrected chi connectivity index (χ2v) is 7.28. The smallest absolute Gasteiger partial charge is 0.269 e. The summed E-state index contributed by atoms with van der Waals surface area (Å²) in [6.07, 6.45) is 2.39. The third-order valence-corrected chi connectivity index (χ3v) is 4.61. The monoisotopic (exact) mass is 333 g/mol. The van der Waals surface area contributed by atoms with Gasteiger partial charge in [-0.05, 0) is 18.1 Å². The van der Waals surface area contributed by atoms with E-state index >= 15 is 0 Å². The van der Waals surface area contributed by atoms with Crippen LogP contribution in [0.1, 0.15) is 45.1 Å². The Kier molecular flexibility index (Phi) is 4.94. The molecule has 1 spiro atoms. The van der Waals surface area contributed by atoms with E-state index in [1.54, 1.807) is 0 Å². The number of hydrogen-bond acceptors (Lipinski definition) is 5. The predicted octanol–water partition coefficient (Wildman–Crippen LogP) is 2.33. The number of rotatable bonds is 6. The number of likely N-dealkylation sites (tertiary alicyclic amines) is 1. The lowest BCUT2D eigenvalue weighted by atomic mass is 9.96. The summed E-state index contributed by atoms with van der Waals surface area (Å²) in [5.74, 6) is 2.33. The van der Waals surface area contributed by atoms with E-state index in [-0.39, 0.29) is 11.5 Å². The molecule has 0 unspecified atom stereocenters. The topological polar surface area (TPSA) is 67.1 Å². The number of furan rings is 1. The molecule has 6 nitrogen and oxygen atoms in total. The molecular weight excluding hydrogens is 306 g/mol. The van der Waals surface area contributed by atoms with Crippen molar-refractivity contribution in [3.8, 4) is 0 Å². The number of amides is 1. The van der Waals surface area contributed by atoms with Crippen LogP contribution in [0.4, 0.5) is 0 Å². The molecule has 1 aromatic rings. The fraction of sp³-hybridized carbons (Fsp3) is 0.667. The van der Waals surface area contributed by atoms with Gasteiger partial charge in [-0.3, -0.25) is 9.69 Å². The average Bonchev–Trinajstić information content (AvgIpc) is 3.27. The van der Waals surface area contributed by atoms with Gasteiger partial charge in [-0.2, -0.15) is 0 Å². The van der Waals surface area contributed by atoms with E-state index in [4.69, 9.17) is 9.25 Å². The van der Waals surface area contributed by atoms with Crippen LogP contribution >= 0.6 is 0 Å². The van der Waals surface area contributed by atoms with Crippen molar-refractivity contribution in [3.63, 3.8) is 0 Å². The Balaban J connectivity index is 1.51. The van der Waals surface area contributed by atoms with Gasteiger partial charge >= 0.3 is 0 Å². The molecule has 0 radical (unpaired) electrons. The molecule has 2 aliphatic heterocycles. The van der Waals surface area contributed by atoms with Crippen LogP contribution in [0, 0.1) is 5.92 Å². The summed E-state index contributed by atoms with van der Waals surface area (Å²) in [5, 5.41) is 6.97. The summed E-state index contributed by atoms with van der Waals surface area (Å²) in [6, 6.07) is 4.08. The van der Waals surface area contributed by atoms with Gasteiger partial charge in [0.15, 0.2) is 5.60 Å². The number of nitrogens with one attached hydrogen (secondary N) is 1. The zero-order chi connectivity index (χ0) is 17.2. The fourth-order valence-corrected chi connectivity index (χ4v) is 3.24. The van der Waals surface area contributed by atoms with Gasteiger partial charge in [0.05, 0.1) is 6.54 Å². The first-order valence-electron chi connectivity index (χ1n) is 8.83. The maximum atomic E-state index is 12.1. The van der Waals surface area contributed by atoms with E-state index in [0.717, 1.165) is 44.0 Å². The highest BCUT2D eigenvalue weighted by atomic mass is 16.7. The van der Waals surface area contributed by atoms with Crippen molar-refractivity contribution < 1.29 is 14.0 Å². The van der Waals surface area contributed by atoms with Crippen molar-refractivity contribution in [2.45, 2.75) is 52.2 Å². The first kappa shape index (κ1) is 17.0. The van der Waals surface area contributed by atoms with Crippen LogP contribution in [0.15, 0.2) is 21.7 Å². The van der Waals surface area contributed by atoms with Crippen LogP contribution in [0.25, 0.3) is 0 Å². The van der Waals surface area contributed by atoms with Gasteiger partial charge in [0, 0.05) is 38.9 Å².